The van der Waals surface area contributed by atoms with Gasteiger partial charge in [-0.3, -0.25) is 4.79 Å². The molecule has 0 spiro atoms. The molecule has 0 bridgehead atoms. The van der Waals surface area contributed by atoms with Crippen molar-refractivity contribution in [3.05, 3.63) is 30.1 Å². The zero-order valence-corrected chi connectivity index (χ0v) is 15.7. The third-order valence-corrected chi connectivity index (χ3v) is 4.64. The van der Waals surface area contributed by atoms with Crippen molar-refractivity contribution in [2.75, 3.05) is 17.8 Å². The fourth-order valence-corrected chi connectivity index (χ4v) is 2.98. The molecular weight excluding hydrogens is 338 g/mol. The number of nitrogen functional groups attached to an aromatic ring is 1. The van der Waals surface area contributed by atoms with E-state index in [0.717, 1.165) is 25.1 Å². The first kappa shape index (κ1) is 19.1. The first-order valence-electron chi connectivity index (χ1n) is 8.45. The van der Waals surface area contributed by atoms with Gasteiger partial charge in [0.15, 0.2) is 5.82 Å². The van der Waals surface area contributed by atoms with Gasteiger partial charge in [0.05, 0.1) is 17.5 Å². The molecule has 0 aliphatic heterocycles. The number of aryl methyl sites for hydroxylation is 1. The fourth-order valence-electron chi connectivity index (χ4n) is 2.19. The van der Waals surface area contributed by atoms with E-state index < -0.39 is 0 Å². The van der Waals surface area contributed by atoms with Gasteiger partial charge in [0.1, 0.15) is 5.75 Å². The number of unbranched alkanes of at least 4 members (excludes halogenated alkanes) is 1. The Bertz CT molecular complexity index is 704. The highest BCUT2D eigenvalue weighted by atomic mass is 32.2. The molecule has 7 nitrogen and oxygen atoms in total. The molecule has 25 heavy (non-hydrogen) atoms. The van der Waals surface area contributed by atoms with Crippen LogP contribution >= 0.6 is 11.8 Å². The average Bonchev–Trinajstić information content (AvgIpc) is 2.95. The zero-order chi connectivity index (χ0) is 18.2. The fraction of sp³-hybridized carbons (Fsp3) is 0.471. The Hall–Kier alpha value is -2.22. The maximum atomic E-state index is 12.5. The van der Waals surface area contributed by atoms with Crippen LogP contribution in [0, 0.1) is 0 Å². The smallest absolute Gasteiger partial charge is 0.237 e. The molecule has 1 amide bonds. The standard InChI is InChI=1S/C17H25N5O2S/c1-4-6-11-15-20-21-17(22(15)18)25-12(3)16(23)19-13-9-7-8-10-14(13)24-5-2/h7-10,12H,4-6,11,18H2,1-3H3,(H,19,23)/t12-/m0/s1. The molecule has 1 heterocycles. The normalized spacial score (nSPS) is 12.0. The molecule has 8 heteroatoms. The number of para-hydroxylation sites is 2. The number of carbonyl (C=O) groups is 1. The average molecular weight is 363 g/mol. The summed E-state index contributed by atoms with van der Waals surface area (Å²) in [5.74, 6) is 7.27. The van der Waals surface area contributed by atoms with Crippen LogP contribution in [0.3, 0.4) is 0 Å². The molecule has 136 valence electrons. The van der Waals surface area contributed by atoms with Crippen molar-refractivity contribution in [3.63, 3.8) is 0 Å². The van der Waals surface area contributed by atoms with Crippen LogP contribution in [0.4, 0.5) is 5.69 Å². The van der Waals surface area contributed by atoms with Crippen LogP contribution in [-0.2, 0) is 11.2 Å². The molecule has 1 atom stereocenters. The van der Waals surface area contributed by atoms with E-state index in [1.807, 2.05) is 38.1 Å². The second-order valence-electron chi connectivity index (χ2n) is 5.55. The van der Waals surface area contributed by atoms with Crippen molar-refractivity contribution >= 4 is 23.4 Å². The number of nitrogens with two attached hydrogens (primary N) is 1. The number of nitrogens with zero attached hydrogens (tertiary/aromatic N) is 3. The van der Waals surface area contributed by atoms with Gasteiger partial charge in [-0.1, -0.05) is 37.2 Å². The third kappa shape index (κ3) is 5.12. The second kappa shape index (κ2) is 9.31. The van der Waals surface area contributed by atoms with Crippen molar-refractivity contribution in [1.82, 2.24) is 14.9 Å². The van der Waals surface area contributed by atoms with E-state index >= 15 is 0 Å². The third-order valence-electron chi connectivity index (χ3n) is 3.59. The second-order valence-corrected chi connectivity index (χ2v) is 6.86. The van der Waals surface area contributed by atoms with Crippen molar-refractivity contribution in [1.29, 1.82) is 0 Å². The summed E-state index contributed by atoms with van der Waals surface area (Å²) in [4.78, 5) is 12.5. The van der Waals surface area contributed by atoms with E-state index in [2.05, 4.69) is 22.4 Å². The lowest BCUT2D eigenvalue weighted by molar-refractivity contribution is -0.115. The molecule has 0 saturated heterocycles. The number of benzene rings is 1. The van der Waals surface area contributed by atoms with Crippen LogP contribution in [0.2, 0.25) is 0 Å². The summed E-state index contributed by atoms with van der Waals surface area (Å²) in [5.41, 5.74) is 0.652. The van der Waals surface area contributed by atoms with Gasteiger partial charge in [-0.05, 0) is 32.4 Å². The maximum Gasteiger partial charge on any atom is 0.237 e. The highest BCUT2D eigenvalue weighted by Gasteiger charge is 2.20. The van der Waals surface area contributed by atoms with Crippen molar-refractivity contribution in [2.24, 2.45) is 0 Å². The first-order valence-corrected chi connectivity index (χ1v) is 9.33. The molecule has 0 saturated carbocycles. The van der Waals surface area contributed by atoms with Gasteiger partial charge in [0.2, 0.25) is 11.1 Å². The van der Waals surface area contributed by atoms with Gasteiger partial charge in [0.25, 0.3) is 0 Å². The van der Waals surface area contributed by atoms with Crippen LogP contribution in [0.15, 0.2) is 29.4 Å². The number of aromatic nitrogens is 3. The summed E-state index contributed by atoms with van der Waals surface area (Å²) in [6.45, 7) is 6.36. The minimum atomic E-state index is -0.375. The summed E-state index contributed by atoms with van der Waals surface area (Å²) < 4.78 is 7.00. The highest BCUT2D eigenvalue weighted by Crippen LogP contribution is 2.26. The predicted octanol–water partition coefficient (Wildman–Crippen LogP) is 2.85. The van der Waals surface area contributed by atoms with Crippen LogP contribution in [0.1, 0.15) is 39.4 Å². The van der Waals surface area contributed by atoms with Gasteiger partial charge in [0, 0.05) is 6.42 Å². The Morgan fingerprint density at radius 1 is 1.36 bits per heavy atom. The maximum absolute atomic E-state index is 12.5. The van der Waals surface area contributed by atoms with Crippen LogP contribution < -0.4 is 15.9 Å². The molecule has 3 N–H and O–H groups in total. The van der Waals surface area contributed by atoms with Gasteiger partial charge < -0.3 is 15.9 Å². The molecule has 2 aromatic rings. The molecule has 0 unspecified atom stereocenters. The number of ether oxygens (including phenoxy) is 1. The largest absolute Gasteiger partial charge is 0.492 e. The summed E-state index contributed by atoms with van der Waals surface area (Å²) in [6.07, 6.45) is 2.85. The van der Waals surface area contributed by atoms with E-state index in [1.54, 1.807) is 0 Å². The summed E-state index contributed by atoms with van der Waals surface area (Å²) >= 11 is 1.28. The van der Waals surface area contributed by atoms with E-state index in [9.17, 15) is 4.79 Å². The Labute approximate surface area is 152 Å². The van der Waals surface area contributed by atoms with Crippen LogP contribution in [0.5, 0.6) is 5.75 Å². The van der Waals surface area contributed by atoms with Gasteiger partial charge in [-0.15, -0.1) is 10.2 Å². The number of rotatable bonds is 9. The summed E-state index contributed by atoms with van der Waals surface area (Å²) in [7, 11) is 0. The van der Waals surface area contributed by atoms with Crippen LogP contribution in [-0.4, -0.2) is 32.6 Å². The van der Waals surface area contributed by atoms with E-state index in [4.69, 9.17) is 10.6 Å². The predicted molar refractivity (Wildman–Crippen MR) is 100 cm³/mol. The number of hydrogen-bond acceptors (Lipinski definition) is 6. The number of hydrogen-bond donors (Lipinski definition) is 2. The summed E-state index contributed by atoms with van der Waals surface area (Å²) in [6, 6.07) is 7.36. The SMILES string of the molecule is CCCCc1nnc(S[C@@H](C)C(=O)Nc2ccccc2OCC)n1N. The first-order chi connectivity index (χ1) is 12.1. The van der Waals surface area contributed by atoms with Crippen LogP contribution in [0.25, 0.3) is 0 Å². The van der Waals surface area contributed by atoms with E-state index in [-0.39, 0.29) is 11.2 Å². The minimum absolute atomic E-state index is 0.143. The monoisotopic (exact) mass is 363 g/mol. The van der Waals surface area contributed by atoms with Gasteiger partial charge in [-0.2, -0.15) is 0 Å². The molecule has 2 rings (SSSR count). The molecule has 0 aliphatic rings. The molecule has 0 fully saturated rings. The molecule has 1 aromatic heterocycles. The van der Waals surface area contributed by atoms with Gasteiger partial charge >= 0.3 is 0 Å². The lowest BCUT2D eigenvalue weighted by Crippen LogP contribution is -2.24. The topological polar surface area (TPSA) is 95.1 Å². The van der Waals surface area contributed by atoms with Crippen molar-refractivity contribution in [3.8, 4) is 5.75 Å². The van der Waals surface area contributed by atoms with Crippen molar-refractivity contribution in [2.45, 2.75) is 50.4 Å². The molecule has 0 aliphatic carbocycles. The number of thioether (sulfide) groups is 1. The van der Waals surface area contributed by atoms with E-state index in [0.29, 0.717) is 23.2 Å². The minimum Gasteiger partial charge on any atom is -0.492 e. The Morgan fingerprint density at radius 2 is 2.12 bits per heavy atom. The Kier molecular flexibility index (Phi) is 7.12. The zero-order valence-electron chi connectivity index (χ0n) is 14.9. The number of amides is 1. The number of nitrogens with one attached hydrogen (secondary N) is 1. The molecule has 1 aromatic carbocycles. The highest BCUT2D eigenvalue weighted by molar-refractivity contribution is 8.00. The number of anilines is 1. The van der Waals surface area contributed by atoms with Crippen molar-refractivity contribution < 1.29 is 9.53 Å². The Balaban J connectivity index is 2.00. The number of carbonyl (C=O) groups excluding carboxylic acids is 1. The molecular formula is C17H25N5O2S. The van der Waals surface area contributed by atoms with E-state index in [1.165, 1.54) is 16.4 Å². The lowest BCUT2D eigenvalue weighted by Gasteiger charge is -2.14. The summed E-state index contributed by atoms with van der Waals surface area (Å²) in [5, 5.41) is 11.2. The Morgan fingerprint density at radius 3 is 2.84 bits per heavy atom. The molecule has 0 radical (unpaired) electrons. The quantitative estimate of drug-likeness (QED) is 0.525. The lowest BCUT2D eigenvalue weighted by atomic mass is 10.2. The van der Waals surface area contributed by atoms with Gasteiger partial charge in [-0.25, -0.2) is 4.68 Å².